The van der Waals surface area contributed by atoms with Crippen molar-refractivity contribution in [1.82, 2.24) is 10.2 Å². The third-order valence-corrected chi connectivity index (χ3v) is 2.15. The van der Waals surface area contributed by atoms with Crippen molar-refractivity contribution in [2.75, 3.05) is 11.9 Å². The molecule has 1 amide bonds. The summed E-state index contributed by atoms with van der Waals surface area (Å²) in [6.45, 7) is 2.72. The van der Waals surface area contributed by atoms with E-state index in [1.165, 1.54) is 0 Å². The Bertz CT molecular complexity index is 338. The summed E-state index contributed by atoms with van der Waals surface area (Å²) in [7, 11) is 0. The maximum atomic E-state index is 10.8. The molecule has 1 aromatic heterocycles. The molecule has 0 aromatic carbocycles. The molecule has 0 saturated heterocycles. The molecule has 0 aliphatic carbocycles. The van der Waals surface area contributed by atoms with Gasteiger partial charge in [-0.15, -0.1) is 10.2 Å². The molecule has 0 radical (unpaired) electrons. The molecule has 0 aliphatic heterocycles. The Balaban J connectivity index is 2.51. The van der Waals surface area contributed by atoms with E-state index in [2.05, 4.69) is 15.5 Å². The molecule has 16 heavy (non-hydrogen) atoms. The Morgan fingerprint density at radius 2 is 2.25 bits per heavy atom. The van der Waals surface area contributed by atoms with Gasteiger partial charge in [0, 0.05) is 6.04 Å². The van der Waals surface area contributed by atoms with Gasteiger partial charge < -0.3 is 16.8 Å². The maximum absolute atomic E-state index is 10.8. The summed E-state index contributed by atoms with van der Waals surface area (Å²) in [5.74, 6) is 0.0600. The number of hydrogen-bond donors (Lipinski definition) is 3. The predicted octanol–water partition coefficient (Wildman–Crippen LogP) is 0.115. The van der Waals surface area contributed by atoms with Crippen LogP contribution in [0.4, 0.5) is 5.82 Å². The summed E-state index contributed by atoms with van der Waals surface area (Å²) in [4.78, 5) is 10.8. The fourth-order valence-corrected chi connectivity index (χ4v) is 1.29. The average Bonchev–Trinajstić information content (AvgIpc) is 2.27. The van der Waals surface area contributed by atoms with Gasteiger partial charge in [0.2, 0.25) is 0 Å². The van der Waals surface area contributed by atoms with E-state index in [1.807, 2.05) is 6.92 Å². The summed E-state index contributed by atoms with van der Waals surface area (Å²) in [5, 5.41) is 10.7. The summed E-state index contributed by atoms with van der Waals surface area (Å²) >= 11 is 0. The van der Waals surface area contributed by atoms with E-state index >= 15 is 0 Å². The molecule has 88 valence electrons. The van der Waals surface area contributed by atoms with Gasteiger partial charge in [0.1, 0.15) is 5.82 Å². The van der Waals surface area contributed by atoms with Gasteiger partial charge in [0.25, 0.3) is 5.91 Å². The smallest absolute Gasteiger partial charge is 0.269 e. The largest absolute Gasteiger partial charge is 0.366 e. The molecule has 1 unspecified atom stereocenters. The number of rotatable bonds is 6. The minimum atomic E-state index is -0.574. The van der Waals surface area contributed by atoms with Crippen molar-refractivity contribution in [2.45, 2.75) is 25.8 Å². The van der Waals surface area contributed by atoms with Crippen molar-refractivity contribution in [2.24, 2.45) is 11.5 Å². The van der Waals surface area contributed by atoms with Gasteiger partial charge in [0.05, 0.1) is 0 Å². The number of carbonyl (C=O) groups is 1. The van der Waals surface area contributed by atoms with E-state index in [9.17, 15) is 4.79 Å². The SMILES string of the molecule is CC(CCCN)Nc1ccc(C(N)=O)nn1. The third kappa shape index (κ3) is 3.82. The zero-order chi connectivity index (χ0) is 12.0. The summed E-state index contributed by atoms with van der Waals surface area (Å²) in [6, 6.07) is 3.51. The zero-order valence-corrected chi connectivity index (χ0v) is 9.31. The Morgan fingerprint density at radius 3 is 2.75 bits per heavy atom. The van der Waals surface area contributed by atoms with Crippen molar-refractivity contribution >= 4 is 11.7 Å². The van der Waals surface area contributed by atoms with Crippen LogP contribution in [0.25, 0.3) is 0 Å². The molecule has 0 fully saturated rings. The van der Waals surface area contributed by atoms with Crippen LogP contribution in [-0.2, 0) is 0 Å². The van der Waals surface area contributed by atoms with E-state index < -0.39 is 5.91 Å². The molecule has 0 saturated carbocycles. The first kappa shape index (κ1) is 12.4. The number of nitrogens with two attached hydrogens (primary N) is 2. The lowest BCUT2D eigenvalue weighted by Gasteiger charge is -2.13. The molecule has 0 spiro atoms. The average molecular weight is 223 g/mol. The second-order valence-electron chi connectivity index (χ2n) is 3.64. The Morgan fingerprint density at radius 1 is 1.50 bits per heavy atom. The van der Waals surface area contributed by atoms with Crippen LogP contribution in [0.5, 0.6) is 0 Å². The molecular formula is C10H17N5O. The van der Waals surface area contributed by atoms with E-state index in [0.29, 0.717) is 12.4 Å². The normalized spacial score (nSPS) is 12.1. The third-order valence-electron chi connectivity index (χ3n) is 2.15. The summed E-state index contributed by atoms with van der Waals surface area (Å²) < 4.78 is 0. The first-order valence-corrected chi connectivity index (χ1v) is 5.23. The highest BCUT2D eigenvalue weighted by atomic mass is 16.1. The monoisotopic (exact) mass is 223 g/mol. The van der Waals surface area contributed by atoms with E-state index in [0.717, 1.165) is 12.8 Å². The van der Waals surface area contributed by atoms with Gasteiger partial charge in [-0.25, -0.2) is 0 Å². The molecule has 1 atom stereocenters. The van der Waals surface area contributed by atoms with Crippen LogP contribution in [0, 0.1) is 0 Å². The van der Waals surface area contributed by atoms with Crippen molar-refractivity contribution < 1.29 is 4.79 Å². The molecule has 1 aromatic rings. The standard InChI is InChI=1S/C10H17N5O/c1-7(3-2-6-11)13-9-5-4-8(10(12)16)14-15-9/h4-5,7H,2-3,6,11H2,1H3,(H2,12,16)(H,13,15). The molecule has 0 bridgehead atoms. The van der Waals surface area contributed by atoms with Gasteiger partial charge in [0.15, 0.2) is 5.69 Å². The molecule has 6 heteroatoms. The number of amides is 1. The van der Waals surface area contributed by atoms with Crippen LogP contribution in [0.3, 0.4) is 0 Å². The number of carbonyl (C=O) groups excluding carboxylic acids is 1. The lowest BCUT2D eigenvalue weighted by molar-refractivity contribution is 0.0994. The highest BCUT2D eigenvalue weighted by Crippen LogP contribution is 2.06. The first-order chi connectivity index (χ1) is 7.63. The van der Waals surface area contributed by atoms with Gasteiger partial charge in [-0.2, -0.15) is 0 Å². The van der Waals surface area contributed by atoms with Crippen molar-refractivity contribution in [1.29, 1.82) is 0 Å². The molecule has 5 N–H and O–H groups in total. The second kappa shape index (κ2) is 6.02. The number of aromatic nitrogens is 2. The number of primary amides is 1. The van der Waals surface area contributed by atoms with E-state index in [-0.39, 0.29) is 11.7 Å². The molecular weight excluding hydrogens is 206 g/mol. The van der Waals surface area contributed by atoms with Gasteiger partial charge >= 0.3 is 0 Å². The predicted molar refractivity (Wildman–Crippen MR) is 61.9 cm³/mol. The van der Waals surface area contributed by atoms with Crippen molar-refractivity contribution in [3.05, 3.63) is 17.8 Å². The maximum Gasteiger partial charge on any atom is 0.269 e. The van der Waals surface area contributed by atoms with Gasteiger partial charge in [-0.05, 0) is 38.4 Å². The topological polar surface area (TPSA) is 107 Å². The number of nitrogens with one attached hydrogen (secondary N) is 1. The lowest BCUT2D eigenvalue weighted by atomic mass is 10.2. The molecule has 0 aliphatic rings. The second-order valence-corrected chi connectivity index (χ2v) is 3.64. The minimum absolute atomic E-state index is 0.167. The van der Waals surface area contributed by atoms with Crippen LogP contribution >= 0.6 is 0 Å². The van der Waals surface area contributed by atoms with Gasteiger partial charge in [-0.1, -0.05) is 0 Å². The van der Waals surface area contributed by atoms with Crippen LogP contribution in [-0.4, -0.2) is 28.7 Å². The molecule has 6 nitrogen and oxygen atoms in total. The Kier molecular flexibility index (Phi) is 4.65. The fourth-order valence-electron chi connectivity index (χ4n) is 1.29. The summed E-state index contributed by atoms with van der Waals surface area (Å²) in [5.41, 5.74) is 10.6. The Hall–Kier alpha value is -1.69. The lowest BCUT2D eigenvalue weighted by Crippen LogP contribution is -2.19. The minimum Gasteiger partial charge on any atom is -0.366 e. The molecule has 1 heterocycles. The first-order valence-electron chi connectivity index (χ1n) is 5.23. The fraction of sp³-hybridized carbons (Fsp3) is 0.500. The van der Waals surface area contributed by atoms with Gasteiger partial charge in [-0.3, -0.25) is 4.79 Å². The quantitative estimate of drug-likeness (QED) is 0.634. The highest BCUT2D eigenvalue weighted by Gasteiger charge is 2.05. The van der Waals surface area contributed by atoms with Crippen LogP contribution < -0.4 is 16.8 Å². The van der Waals surface area contributed by atoms with Crippen LogP contribution in [0.2, 0.25) is 0 Å². The van der Waals surface area contributed by atoms with Crippen LogP contribution in [0.15, 0.2) is 12.1 Å². The number of anilines is 1. The Labute approximate surface area is 94.4 Å². The highest BCUT2D eigenvalue weighted by molar-refractivity contribution is 5.90. The summed E-state index contributed by atoms with van der Waals surface area (Å²) in [6.07, 6.45) is 1.93. The number of hydrogen-bond acceptors (Lipinski definition) is 5. The van der Waals surface area contributed by atoms with Crippen LogP contribution in [0.1, 0.15) is 30.3 Å². The van der Waals surface area contributed by atoms with E-state index in [1.54, 1.807) is 12.1 Å². The zero-order valence-electron chi connectivity index (χ0n) is 9.31. The molecule has 1 rings (SSSR count). The number of nitrogens with zero attached hydrogens (tertiary/aromatic N) is 2. The van der Waals surface area contributed by atoms with E-state index in [4.69, 9.17) is 11.5 Å². The van der Waals surface area contributed by atoms with Crippen molar-refractivity contribution in [3.63, 3.8) is 0 Å². The van der Waals surface area contributed by atoms with Crippen molar-refractivity contribution in [3.8, 4) is 0 Å².